The third kappa shape index (κ3) is 2.68. The summed E-state index contributed by atoms with van der Waals surface area (Å²) in [5.41, 5.74) is 0.506. The number of nitrogens with zero attached hydrogens (tertiary/aromatic N) is 3. The lowest BCUT2D eigenvalue weighted by Gasteiger charge is -2.33. The van der Waals surface area contributed by atoms with Gasteiger partial charge < -0.3 is 4.90 Å². The van der Waals surface area contributed by atoms with Gasteiger partial charge in [0.1, 0.15) is 12.1 Å². The molecule has 1 saturated heterocycles. The van der Waals surface area contributed by atoms with E-state index in [-0.39, 0.29) is 5.78 Å². The lowest BCUT2D eigenvalue weighted by Crippen LogP contribution is -2.46. The highest BCUT2D eigenvalue weighted by molar-refractivity contribution is 6.01. The summed E-state index contributed by atoms with van der Waals surface area (Å²) in [5.74, 6) is -1.20. The summed E-state index contributed by atoms with van der Waals surface area (Å²) in [6.45, 7) is 0. The zero-order valence-electron chi connectivity index (χ0n) is 17.0. The van der Waals surface area contributed by atoms with Crippen molar-refractivity contribution in [2.24, 2.45) is 0 Å². The Hall–Kier alpha value is -4.24. The van der Waals surface area contributed by atoms with Gasteiger partial charge in [-0.1, -0.05) is 84.9 Å². The minimum atomic E-state index is -2.04. The largest absolute Gasteiger partial charge is 0.351 e. The molecular weight excluding hydrogens is 402 g/mol. The second kappa shape index (κ2) is 7.47. The van der Waals surface area contributed by atoms with Crippen molar-refractivity contribution in [1.29, 1.82) is 5.26 Å². The van der Waals surface area contributed by atoms with Crippen molar-refractivity contribution in [2.75, 3.05) is 0 Å². The van der Waals surface area contributed by atoms with Crippen molar-refractivity contribution in [3.8, 4) is 6.07 Å². The fourth-order valence-electron chi connectivity index (χ4n) is 5.17. The quantitative estimate of drug-likeness (QED) is 0.349. The van der Waals surface area contributed by atoms with E-state index < -0.39 is 28.5 Å². The predicted octanol–water partition coefficient (Wildman–Crippen LogP) is 4.60. The lowest BCUT2D eigenvalue weighted by atomic mass is 9.73. The van der Waals surface area contributed by atoms with Gasteiger partial charge in [-0.15, -0.1) is 0 Å². The number of carbonyl (C=O) groups is 1. The van der Waals surface area contributed by atoms with E-state index >= 15 is 0 Å². The van der Waals surface area contributed by atoms with Gasteiger partial charge in [-0.3, -0.25) is 14.9 Å². The number of nitro groups is 1. The number of ketones is 1. The number of hydrogen-bond acceptors (Lipinski definition) is 5. The van der Waals surface area contributed by atoms with E-state index in [1.54, 1.807) is 59.6 Å². The molecule has 5 rings (SSSR count). The van der Waals surface area contributed by atoms with Crippen LogP contribution in [0.15, 0.2) is 91.1 Å². The highest BCUT2D eigenvalue weighted by Gasteiger charge is 2.71. The van der Waals surface area contributed by atoms with Crippen LogP contribution in [0.4, 0.5) is 0 Å². The van der Waals surface area contributed by atoms with Crippen LogP contribution in [0.3, 0.4) is 0 Å². The number of hydrogen-bond donors (Lipinski definition) is 0. The van der Waals surface area contributed by atoms with Crippen LogP contribution < -0.4 is 0 Å². The molecule has 0 N–H and O–H groups in total. The molecule has 0 radical (unpaired) electrons. The summed E-state index contributed by atoms with van der Waals surface area (Å²) >= 11 is 0. The fourth-order valence-corrected chi connectivity index (χ4v) is 5.17. The van der Waals surface area contributed by atoms with Gasteiger partial charge in [-0.25, -0.2) is 0 Å². The van der Waals surface area contributed by atoms with E-state index in [1.807, 2.05) is 42.5 Å². The minimum Gasteiger partial charge on any atom is -0.351 e. The molecular formula is C26H19N3O3. The standard InChI is InChI=1S/C26H19N3O3/c27-17-26(29(31)32)22(19-10-3-1-4-11-19)23(24(30)20-12-5-2-6-13-20)28-16-15-18-9-7-8-14-21(18)25(26)28/h1-16,22-23,25H/t22-,23-,25+,26+/m1/s1. The van der Waals surface area contributed by atoms with Crippen molar-refractivity contribution < 1.29 is 9.72 Å². The van der Waals surface area contributed by atoms with E-state index in [1.165, 1.54) is 0 Å². The molecule has 2 heterocycles. The van der Waals surface area contributed by atoms with E-state index in [2.05, 4.69) is 6.07 Å². The van der Waals surface area contributed by atoms with Crippen LogP contribution in [0.5, 0.6) is 0 Å². The summed E-state index contributed by atoms with van der Waals surface area (Å²) < 4.78 is 0. The molecule has 0 unspecified atom stereocenters. The normalized spacial score (nSPS) is 25.5. The Morgan fingerprint density at radius 2 is 1.59 bits per heavy atom. The van der Waals surface area contributed by atoms with Gasteiger partial charge in [0, 0.05) is 16.7 Å². The third-order valence-corrected chi connectivity index (χ3v) is 6.51. The van der Waals surface area contributed by atoms with E-state index in [0.29, 0.717) is 16.7 Å². The van der Waals surface area contributed by atoms with Crippen LogP contribution >= 0.6 is 0 Å². The molecule has 0 amide bonds. The molecule has 1 fully saturated rings. The molecule has 4 atom stereocenters. The summed E-state index contributed by atoms with van der Waals surface area (Å²) in [6.07, 6.45) is 3.59. The number of Topliss-reactive ketones (excluding diaryl/α,β-unsaturated/α-hetero) is 1. The fraction of sp³-hybridized carbons (Fsp3) is 0.154. The molecule has 0 bridgehead atoms. The number of fused-ring (bicyclic) bond motifs is 3. The molecule has 6 nitrogen and oxygen atoms in total. The van der Waals surface area contributed by atoms with Crippen molar-refractivity contribution >= 4 is 11.9 Å². The molecule has 0 aliphatic carbocycles. The average Bonchev–Trinajstić information content (AvgIpc) is 3.16. The summed E-state index contributed by atoms with van der Waals surface area (Å²) in [7, 11) is 0. The molecule has 0 saturated carbocycles. The van der Waals surface area contributed by atoms with Crippen LogP contribution in [-0.2, 0) is 0 Å². The SMILES string of the molecule is N#C[C@]1([N+](=O)[O-])[C@H](c2ccccc2)[C@H](C(=O)c2ccccc2)N2C=Cc3ccccc3[C@H]21. The second-order valence-electron chi connectivity index (χ2n) is 8.05. The Kier molecular flexibility index (Phi) is 4.60. The molecule has 0 aromatic heterocycles. The van der Waals surface area contributed by atoms with E-state index in [0.717, 1.165) is 5.56 Å². The van der Waals surface area contributed by atoms with Crippen LogP contribution in [0.25, 0.3) is 6.08 Å². The Morgan fingerprint density at radius 1 is 0.969 bits per heavy atom. The predicted molar refractivity (Wildman–Crippen MR) is 119 cm³/mol. The van der Waals surface area contributed by atoms with Gasteiger partial charge in [0.2, 0.25) is 0 Å². The molecule has 6 heteroatoms. The van der Waals surface area contributed by atoms with Gasteiger partial charge in [-0.2, -0.15) is 5.26 Å². The molecule has 3 aromatic carbocycles. The Morgan fingerprint density at radius 3 is 2.25 bits per heavy atom. The highest BCUT2D eigenvalue weighted by atomic mass is 16.6. The first-order chi connectivity index (χ1) is 15.6. The summed E-state index contributed by atoms with van der Waals surface area (Å²) in [5, 5.41) is 23.1. The summed E-state index contributed by atoms with van der Waals surface area (Å²) in [6, 6.07) is 25.3. The van der Waals surface area contributed by atoms with Crippen LogP contribution in [0.2, 0.25) is 0 Å². The molecule has 156 valence electrons. The van der Waals surface area contributed by atoms with E-state index in [4.69, 9.17) is 0 Å². The number of rotatable bonds is 4. The number of benzene rings is 3. The smallest absolute Gasteiger partial charge is 0.338 e. The Balaban J connectivity index is 1.80. The first kappa shape index (κ1) is 19.7. The summed E-state index contributed by atoms with van der Waals surface area (Å²) in [4.78, 5) is 27.8. The van der Waals surface area contributed by atoms with Gasteiger partial charge in [-0.05, 0) is 22.8 Å². The monoisotopic (exact) mass is 421 g/mol. The maximum atomic E-state index is 13.8. The molecule has 32 heavy (non-hydrogen) atoms. The van der Waals surface area contributed by atoms with Gasteiger partial charge in [0.15, 0.2) is 11.9 Å². The van der Waals surface area contributed by atoms with Gasteiger partial charge in [0.05, 0.1) is 5.92 Å². The van der Waals surface area contributed by atoms with Crippen molar-refractivity contribution in [3.05, 3.63) is 123 Å². The van der Waals surface area contributed by atoms with Crippen LogP contribution in [0.1, 0.15) is 39.0 Å². The minimum absolute atomic E-state index is 0.243. The average molecular weight is 421 g/mol. The first-order valence-electron chi connectivity index (χ1n) is 10.3. The maximum Gasteiger partial charge on any atom is 0.338 e. The van der Waals surface area contributed by atoms with E-state index in [9.17, 15) is 20.2 Å². The first-order valence-corrected chi connectivity index (χ1v) is 10.3. The zero-order chi connectivity index (χ0) is 22.3. The van der Waals surface area contributed by atoms with Crippen molar-refractivity contribution in [3.63, 3.8) is 0 Å². The molecule has 2 aliphatic heterocycles. The third-order valence-electron chi connectivity index (χ3n) is 6.51. The van der Waals surface area contributed by atoms with Crippen molar-refractivity contribution in [2.45, 2.75) is 23.5 Å². The lowest BCUT2D eigenvalue weighted by molar-refractivity contribution is -0.559. The topological polar surface area (TPSA) is 87.2 Å². The highest BCUT2D eigenvalue weighted by Crippen LogP contribution is 2.56. The zero-order valence-corrected chi connectivity index (χ0v) is 17.0. The second-order valence-corrected chi connectivity index (χ2v) is 8.05. The number of carbonyl (C=O) groups excluding carboxylic acids is 1. The Bertz CT molecular complexity index is 1270. The van der Waals surface area contributed by atoms with Crippen LogP contribution in [-0.4, -0.2) is 27.2 Å². The van der Waals surface area contributed by atoms with Crippen molar-refractivity contribution in [1.82, 2.24) is 4.90 Å². The van der Waals surface area contributed by atoms with Crippen LogP contribution in [0, 0.1) is 21.4 Å². The molecule has 3 aromatic rings. The van der Waals surface area contributed by atoms with Gasteiger partial charge >= 0.3 is 5.54 Å². The molecule has 0 spiro atoms. The molecule has 2 aliphatic rings. The van der Waals surface area contributed by atoms with Gasteiger partial charge in [0.25, 0.3) is 0 Å². The maximum absolute atomic E-state index is 13.8. The number of nitriles is 1. The Labute approximate surface area is 185 Å².